The van der Waals surface area contributed by atoms with E-state index >= 15 is 0 Å². The molecular weight excluding hydrogens is 440 g/mol. The van der Waals surface area contributed by atoms with E-state index in [1.165, 1.54) is 6.92 Å². The summed E-state index contributed by atoms with van der Waals surface area (Å²) in [6, 6.07) is 0. The van der Waals surface area contributed by atoms with Crippen molar-refractivity contribution < 1.29 is 52.8 Å². The van der Waals surface area contributed by atoms with Crippen LogP contribution in [0.5, 0.6) is 0 Å². The zero-order valence-corrected chi connectivity index (χ0v) is 20.3. The van der Waals surface area contributed by atoms with Crippen molar-refractivity contribution >= 4 is 29.7 Å². The molecule has 1 fully saturated rings. The van der Waals surface area contributed by atoms with Crippen LogP contribution in [0, 0.1) is 10.8 Å². The van der Waals surface area contributed by atoms with E-state index in [1.807, 2.05) is 0 Å². The minimum absolute atomic E-state index is 0.118. The van der Waals surface area contributed by atoms with E-state index in [1.54, 1.807) is 41.5 Å². The van der Waals surface area contributed by atoms with Crippen LogP contribution in [0.25, 0.3) is 0 Å². The van der Waals surface area contributed by atoms with Crippen molar-refractivity contribution in [2.45, 2.75) is 92.0 Å². The molecule has 11 nitrogen and oxygen atoms in total. The standard InChI is InChI=1S/C22H34O11/c1-11(23)9-10-12(24)30-13-14(32-19(27)21(2,3)4)16(33-20(28)22(5,6)7)18(26)31-15(13)17(25)29-8/h13-16,18,26H,9-10H2,1-8H3/t13-,14-,15-,16+,18?/m0/s1. The zero-order chi connectivity index (χ0) is 25.7. The summed E-state index contributed by atoms with van der Waals surface area (Å²) in [5.74, 6) is -3.70. The highest BCUT2D eigenvalue weighted by Gasteiger charge is 2.55. The summed E-state index contributed by atoms with van der Waals surface area (Å²) in [6.45, 7) is 10.7. The van der Waals surface area contributed by atoms with E-state index in [9.17, 15) is 29.1 Å². The first kappa shape index (κ1) is 28.5. The number of carbonyl (C=O) groups is 5. The van der Waals surface area contributed by atoms with Crippen molar-refractivity contribution in [2.24, 2.45) is 10.8 Å². The van der Waals surface area contributed by atoms with E-state index in [2.05, 4.69) is 4.74 Å². The van der Waals surface area contributed by atoms with Crippen molar-refractivity contribution in [3.63, 3.8) is 0 Å². The average Bonchev–Trinajstić information content (AvgIpc) is 2.68. The third kappa shape index (κ3) is 8.08. The number of methoxy groups -OCH3 is 1. The van der Waals surface area contributed by atoms with Gasteiger partial charge in [0, 0.05) is 6.42 Å². The molecule has 0 saturated carbocycles. The third-order valence-electron chi connectivity index (χ3n) is 4.61. The van der Waals surface area contributed by atoms with Crippen molar-refractivity contribution in [1.82, 2.24) is 0 Å². The van der Waals surface area contributed by atoms with Crippen LogP contribution in [0.1, 0.15) is 61.3 Å². The maximum Gasteiger partial charge on any atom is 0.339 e. The Labute approximate surface area is 193 Å². The minimum Gasteiger partial charge on any atom is -0.467 e. The van der Waals surface area contributed by atoms with Crippen LogP contribution in [-0.4, -0.2) is 72.6 Å². The number of hydrogen-bond acceptors (Lipinski definition) is 11. The molecule has 1 rings (SSSR count). The predicted molar refractivity (Wildman–Crippen MR) is 111 cm³/mol. The topological polar surface area (TPSA) is 152 Å². The van der Waals surface area contributed by atoms with Crippen molar-refractivity contribution in [3.05, 3.63) is 0 Å². The van der Waals surface area contributed by atoms with Crippen molar-refractivity contribution in [2.75, 3.05) is 7.11 Å². The van der Waals surface area contributed by atoms with Gasteiger partial charge in [-0.15, -0.1) is 0 Å². The number of rotatable bonds is 7. The number of hydrogen-bond donors (Lipinski definition) is 1. The Morgan fingerprint density at radius 1 is 0.788 bits per heavy atom. The van der Waals surface area contributed by atoms with Gasteiger partial charge in [-0.3, -0.25) is 14.4 Å². The summed E-state index contributed by atoms with van der Waals surface area (Å²) in [6.07, 6.45) is -8.85. The van der Waals surface area contributed by atoms with Crippen LogP contribution < -0.4 is 0 Å². The summed E-state index contributed by atoms with van der Waals surface area (Å²) in [4.78, 5) is 61.1. The van der Waals surface area contributed by atoms with Gasteiger partial charge in [-0.2, -0.15) is 0 Å². The molecule has 0 bridgehead atoms. The highest BCUT2D eigenvalue weighted by Crippen LogP contribution is 2.32. The summed E-state index contributed by atoms with van der Waals surface area (Å²) in [7, 11) is 1.05. The molecule has 1 aliphatic rings. The predicted octanol–water partition coefficient (Wildman–Crippen LogP) is 1.07. The molecule has 1 N–H and O–H groups in total. The molecule has 0 radical (unpaired) electrons. The quantitative estimate of drug-likeness (QED) is 0.416. The first-order chi connectivity index (χ1) is 15.0. The molecule has 0 aromatic rings. The second-order valence-electron chi connectivity index (χ2n) is 9.87. The van der Waals surface area contributed by atoms with E-state index < -0.39 is 65.4 Å². The molecule has 0 spiro atoms. The molecule has 1 aliphatic heterocycles. The zero-order valence-electron chi connectivity index (χ0n) is 20.3. The van der Waals surface area contributed by atoms with Gasteiger partial charge in [0.1, 0.15) is 5.78 Å². The van der Waals surface area contributed by atoms with Crippen LogP contribution in [0.2, 0.25) is 0 Å². The van der Waals surface area contributed by atoms with Gasteiger partial charge in [0.15, 0.2) is 30.7 Å². The van der Waals surface area contributed by atoms with Crippen molar-refractivity contribution in [1.29, 1.82) is 0 Å². The Morgan fingerprint density at radius 3 is 1.70 bits per heavy atom. The monoisotopic (exact) mass is 474 g/mol. The molecule has 33 heavy (non-hydrogen) atoms. The molecule has 1 heterocycles. The van der Waals surface area contributed by atoms with Crippen LogP contribution >= 0.6 is 0 Å². The lowest BCUT2D eigenvalue weighted by Crippen LogP contribution is -2.64. The maximum absolute atomic E-state index is 12.7. The average molecular weight is 475 g/mol. The molecule has 0 aliphatic carbocycles. The van der Waals surface area contributed by atoms with Gasteiger partial charge in [0.2, 0.25) is 0 Å². The summed E-state index contributed by atoms with van der Waals surface area (Å²) in [5.41, 5.74) is -2.02. The number of ketones is 1. The number of Topliss-reactive ketones (excluding diaryl/α,β-unsaturated/α-hetero) is 1. The third-order valence-corrected chi connectivity index (χ3v) is 4.61. The SMILES string of the molecule is COC(=O)[C@H]1OC(O)[C@H](OC(=O)C(C)(C)C)[C@@H](OC(=O)C(C)(C)C)[C@@H]1OC(=O)CCC(C)=O. The Balaban J connectivity index is 3.42. The van der Waals surface area contributed by atoms with Crippen molar-refractivity contribution in [3.8, 4) is 0 Å². The van der Waals surface area contributed by atoms with Gasteiger partial charge in [0.05, 0.1) is 24.4 Å². The second-order valence-corrected chi connectivity index (χ2v) is 9.87. The molecular formula is C22H34O11. The van der Waals surface area contributed by atoms with Gasteiger partial charge >= 0.3 is 23.9 Å². The first-order valence-electron chi connectivity index (χ1n) is 10.5. The Kier molecular flexibility index (Phi) is 9.55. The van der Waals surface area contributed by atoms with Gasteiger partial charge in [-0.05, 0) is 48.5 Å². The smallest absolute Gasteiger partial charge is 0.339 e. The Hall–Kier alpha value is -2.53. The highest BCUT2D eigenvalue weighted by atomic mass is 16.7. The molecule has 5 atom stereocenters. The number of ether oxygens (including phenoxy) is 5. The number of aliphatic hydroxyl groups excluding tert-OH is 1. The fraction of sp³-hybridized carbons (Fsp3) is 0.773. The summed E-state index contributed by atoms with van der Waals surface area (Å²) >= 11 is 0. The largest absolute Gasteiger partial charge is 0.467 e. The fourth-order valence-electron chi connectivity index (χ4n) is 2.61. The molecule has 11 heteroatoms. The molecule has 188 valence electrons. The van der Waals surface area contributed by atoms with Crippen LogP contribution in [0.3, 0.4) is 0 Å². The van der Waals surface area contributed by atoms with Gasteiger partial charge in [-0.1, -0.05) is 0 Å². The molecule has 0 aromatic carbocycles. The lowest BCUT2D eigenvalue weighted by Gasteiger charge is -2.43. The number of aliphatic hydroxyl groups is 1. The molecule has 1 saturated heterocycles. The van der Waals surface area contributed by atoms with Gasteiger partial charge < -0.3 is 33.6 Å². The minimum atomic E-state index is -1.90. The van der Waals surface area contributed by atoms with E-state index in [-0.39, 0.29) is 18.6 Å². The van der Waals surface area contributed by atoms with Gasteiger partial charge in [-0.25, -0.2) is 4.79 Å². The summed E-state index contributed by atoms with van der Waals surface area (Å²) < 4.78 is 26.2. The normalized spacial score (nSPS) is 25.5. The summed E-state index contributed by atoms with van der Waals surface area (Å²) in [5, 5.41) is 10.5. The van der Waals surface area contributed by atoms with E-state index in [0.29, 0.717) is 0 Å². The second kappa shape index (κ2) is 11.1. The molecule has 1 unspecified atom stereocenters. The van der Waals surface area contributed by atoms with Crippen LogP contribution in [0.15, 0.2) is 0 Å². The van der Waals surface area contributed by atoms with E-state index in [0.717, 1.165) is 7.11 Å². The number of esters is 4. The van der Waals surface area contributed by atoms with E-state index in [4.69, 9.17) is 18.9 Å². The molecule has 0 aromatic heterocycles. The Morgan fingerprint density at radius 2 is 1.27 bits per heavy atom. The van der Waals surface area contributed by atoms with Crippen LogP contribution in [-0.2, 0) is 47.7 Å². The Bertz CT molecular complexity index is 759. The van der Waals surface area contributed by atoms with Gasteiger partial charge in [0.25, 0.3) is 0 Å². The lowest BCUT2D eigenvalue weighted by atomic mass is 9.94. The highest BCUT2D eigenvalue weighted by molar-refractivity contribution is 5.82. The lowest BCUT2D eigenvalue weighted by molar-refractivity contribution is -0.293. The number of carbonyl (C=O) groups excluding carboxylic acids is 5. The van der Waals surface area contributed by atoms with Crippen LogP contribution in [0.4, 0.5) is 0 Å². The molecule has 0 amide bonds. The first-order valence-corrected chi connectivity index (χ1v) is 10.5. The fourth-order valence-corrected chi connectivity index (χ4v) is 2.61. The maximum atomic E-state index is 12.7.